The van der Waals surface area contributed by atoms with E-state index in [1.54, 1.807) is 7.11 Å². The summed E-state index contributed by atoms with van der Waals surface area (Å²) in [6.07, 6.45) is 0.318. The number of fused-ring (bicyclic) bond motifs is 1. The van der Waals surface area contributed by atoms with Gasteiger partial charge in [0.2, 0.25) is 5.91 Å². The molecule has 0 spiro atoms. The van der Waals surface area contributed by atoms with Crippen molar-refractivity contribution in [1.82, 2.24) is 5.32 Å². The Labute approximate surface area is 141 Å². The van der Waals surface area contributed by atoms with Gasteiger partial charge in [-0.1, -0.05) is 12.1 Å². The minimum absolute atomic E-state index is 0.0226. The normalized spacial score (nSPS) is 12.6. The van der Waals surface area contributed by atoms with Gasteiger partial charge in [0.1, 0.15) is 19.0 Å². The van der Waals surface area contributed by atoms with Crippen molar-refractivity contribution < 1.29 is 19.0 Å². The number of nitrogens with one attached hydrogen (secondary N) is 1. The van der Waals surface area contributed by atoms with Crippen molar-refractivity contribution in [3.63, 3.8) is 0 Å². The van der Waals surface area contributed by atoms with Crippen molar-refractivity contribution >= 4 is 5.91 Å². The van der Waals surface area contributed by atoms with Gasteiger partial charge in [0.05, 0.1) is 13.5 Å². The molecular weight excluding hydrogens is 306 g/mol. The number of methoxy groups -OCH3 is 1. The van der Waals surface area contributed by atoms with Gasteiger partial charge in [-0.2, -0.15) is 0 Å². The van der Waals surface area contributed by atoms with Crippen LogP contribution in [0.4, 0.5) is 0 Å². The van der Waals surface area contributed by atoms with Crippen LogP contribution in [0.3, 0.4) is 0 Å². The summed E-state index contributed by atoms with van der Waals surface area (Å²) in [6.45, 7) is 3.57. The summed E-state index contributed by atoms with van der Waals surface area (Å²) in [7, 11) is 1.63. The number of ether oxygens (including phenoxy) is 3. The minimum atomic E-state index is -0.0226. The monoisotopic (exact) mass is 327 g/mol. The second-order valence-corrected chi connectivity index (χ2v) is 5.72. The molecule has 1 aliphatic rings. The molecule has 0 aromatic heterocycles. The van der Waals surface area contributed by atoms with E-state index in [0.29, 0.717) is 31.9 Å². The van der Waals surface area contributed by atoms with Crippen molar-refractivity contribution in [2.75, 3.05) is 20.3 Å². The molecule has 0 bridgehead atoms. The van der Waals surface area contributed by atoms with Crippen LogP contribution in [-0.4, -0.2) is 26.2 Å². The average molecular weight is 327 g/mol. The molecule has 5 nitrogen and oxygen atoms in total. The molecular formula is C19H21NO4. The molecule has 0 radical (unpaired) electrons. The molecule has 2 aromatic carbocycles. The third kappa shape index (κ3) is 3.79. The lowest BCUT2D eigenvalue weighted by Crippen LogP contribution is -2.25. The van der Waals surface area contributed by atoms with Crippen LogP contribution in [0.15, 0.2) is 36.4 Å². The Kier molecular flexibility index (Phi) is 4.89. The van der Waals surface area contributed by atoms with Gasteiger partial charge >= 0.3 is 0 Å². The molecule has 0 saturated carbocycles. The number of amides is 1. The molecule has 0 unspecified atom stereocenters. The number of carbonyl (C=O) groups excluding carboxylic acids is 1. The van der Waals surface area contributed by atoms with E-state index in [4.69, 9.17) is 14.2 Å². The van der Waals surface area contributed by atoms with Gasteiger partial charge in [-0.15, -0.1) is 0 Å². The summed E-state index contributed by atoms with van der Waals surface area (Å²) in [5.74, 6) is 2.24. The first-order chi connectivity index (χ1) is 11.7. The molecule has 1 N–H and O–H groups in total. The maximum absolute atomic E-state index is 12.2. The van der Waals surface area contributed by atoms with E-state index in [9.17, 15) is 4.79 Å². The fourth-order valence-corrected chi connectivity index (χ4v) is 2.60. The number of benzene rings is 2. The Morgan fingerprint density at radius 3 is 2.46 bits per heavy atom. The van der Waals surface area contributed by atoms with Gasteiger partial charge in [0.25, 0.3) is 0 Å². The maximum atomic E-state index is 12.2. The summed E-state index contributed by atoms with van der Waals surface area (Å²) < 4.78 is 16.3. The number of hydrogen-bond acceptors (Lipinski definition) is 4. The van der Waals surface area contributed by atoms with Crippen molar-refractivity contribution in [2.45, 2.75) is 19.9 Å². The van der Waals surface area contributed by atoms with Gasteiger partial charge < -0.3 is 19.5 Å². The van der Waals surface area contributed by atoms with E-state index in [-0.39, 0.29) is 5.91 Å². The molecule has 0 atom stereocenters. The molecule has 1 heterocycles. The van der Waals surface area contributed by atoms with E-state index in [1.165, 1.54) is 0 Å². The molecule has 5 heteroatoms. The molecule has 126 valence electrons. The standard InChI is InChI=1S/C19H21NO4/c1-13-9-17-18(24-8-7-23-17)10-15(13)11-19(21)20-12-14-3-5-16(22-2)6-4-14/h3-6,9-10H,7-8,11-12H2,1-2H3,(H,20,21). The highest BCUT2D eigenvalue weighted by Crippen LogP contribution is 2.33. The summed E-state index contributed by atoms with van der Waals surface area (Å²) in [4.78, 5) is 12.2. The van der Waals surface area contributed by atoms with Gasteiger partial charge in [-0.3, -0.25) is 4.79 Å². The zero-order valence-corrected chi connectivity index (χ0v) is 13.9. The Balaban J connectivity index is 1.60. The molecule has 24 heavy (non-hydrogen) atoms. The average Bonchev–Trinajstić information content (AvgIpc) is 2.61. The first kappa shape index (κ1) is 16.2. The van der Waals surface area contributed by atoms with Gasteiger partial charge in [-0.25, -0.2) is 0 Å². The predicted molar refractivity (Wildman–Crippen MR) is 90.7 cm³/mol. The highest BCUT2D eigenvalue weighted by molar-refractivity contribution is 5.79. The van der Waals surface area contributed by atoms with Crippen LogP contribution in [0.1, 0.15) is 16.7 Å². The van der Waals surface area contributed by atoms with Gasteiger partial charge in [-0.05, 0) is 47.9 Å². The SMILES string of the molecule is COc1ccc(CNC(=O)Cc2cc3c(cc2C)OCCO3)cc1. The minimum Gasteiger partial charge on any atom is -0.497 e. The Morgan fingerprint density at radius 2 is 1.79 bits per heavy atom. The first-order valence-electron chi connectivity index (χ1n) is 7.94. The van der Waals surface area contributed by atoms with E-state index >= 15 is 0 Å². The topological polar surface area (TPSA) is 56.8 Å². The Hall–Kier alpha value is -2.69. The van der Waals surface area contributed by atoms with E-state index in [1.807, 2.05) is 43.3 Å². The first-order valence-corrected chi connectivity index (χ1v) is 7.94. The highest BCUT2D eigenvalue weighted by Gasteiger charge is 2.15. The van der Waals surface area contributed by atoms with Crippen molar-refractivity contribution in [3.05, 3.63) is 53.1 Å². The van der Waals surface area contributed by atoms with E-state index < -0.39 is 0 Å². The molecule has 3 rings (SSSR count). The lowest BCUT2D eigenvalue weighted by atomic mass is 10.0. The molecule has 0 aliphatic carbocycles. The summed E-state index contributed by atoms with van der Waals surface area (Å²) >= 11 is 0. The molecule has 1 amide bonds. The van der Waals surface area contributed by atoms with Crippen LogP contribution in [0.2, 0.25) is 0 Å². The summed E-state index contributed by atoms with van der Waals surface area (Å²) in [6, 6.07) is 11.5. The van der Waals surface area contributed by atoms with Crippen LogP contribution in [0, 0.1) is 6.92 Å². The molecule has 1 aliphatic heterocycles. The Bertz CT molecular complexity index is 725. The lowest BCUT2D eigenvalue weighted by Gasteiger charge is -2.20. The smallest absolute Gasteiger partial charge is 0.224 e. The van der Waals surface area contributed by atoms with Gasteiger partial charge in [0, 0.05) is 6.54 Å². The fraction of sp³-hybridized carbons (Fsp3) is 0.316. The van der Waals surface area contributed by atoms with Crippen LogP contribution in [-0.2, 0) is 17.8 Å². The molecule has 2 aromatic rings. The van der Waals surface area contributed by atoms with E-state index in [2.05, 4.69) is 5.32 Å². The predicted octanol–water partition coefficient (Wildman–Crippen LogP) is 2.63. The number of rotatable bonds is 5. The molecule has 0 saturated heterocycles. The number of carbonyl (C=O) groups is 1. The van der Waals surface area contributed by atoms with Crippen LogP contribution in [0.5, 0.6) is 17.2 Å². The largest absolute Gasteiger partial charge is 0.497 e. The second kappa shape index (κ2) is 7.25. The van der Waals surface area contributed by atoms with Crippen LogP contribution in [0.25, 0.3) is 0 Å². The van der Waals surface area contributed by atoms with E-state index in [0.717, 1.165) is 28.2 Å². The zero-order chi connectivity index (χ0) is 16.9. The van der Waals surface area contributed by atoms with Crippen LogP contribution < -0.4 is 19.5 Å². The van der Waals surface area contributed by atoms with Crippen molar-refractivity contribution in [2.24, 2.45) is 0 Å². The van der Waals surface area contributed by atoms with Crippen molar-refractivity contribution in [1.29, 1.82) is 0 Å². The lowest BCUT2D eigenvalue weighted by molar-refractivity contribution is -0.120. The highest BCUT2D eigenvalue weighted by atomic mass is 16.6. The number of hydrogen-bond donors (Lipinski definition) is 1. The Morgan fingerprint density at radius 1 is 1.12 bits per heavy atom. The van der Waals surface area contributed by atoms with Crippen molar-refractivity contribution in [3.8, 4) is 17.2 Å². The third-order valence-electron chi connectivity index (χ3n) is 4.00. The molecule has 0 fully saturated rings. The fourth-order valence-electron chi connectivity index (χ4n) is 2.60. The maximum Gasteiger partial charge on any atom is 0.224 e. The summed E-state index contributed by atoms with van der Waals surface area (Å²) in [5.41, 5.74) is 3.01. The second-order valence-electron chi connectivity index (χ2n) is 5.72. The quantitative estimate of drug-likeness (QED) is 0.917. The summed E-state index contributed by atoms with van der Waals surface area (Å²) in [5, 5.41) is 2.94. The zero-order valence-electron chi connectivity index (χ0n) is 13.9. The third-order valence-corrected chi connectivity index (χ3v) is 4.00. The van der Waals surface area contributed by atoms with Gasteiger partial charge in [0.15, 0.2) is 11.5 Å². The van der Waals surface area contributed by atoms with Crippen LogP contribution >= 0.6 is 0 Å². The number of aryl methyl sites for hydroxylation is 1.